The zero-order chi connectivity index (χ0) is 16.9. The van der Waals surface area contributed by atoms with Gasteiger partial charge in [0, 0.05) is 17.2 Å². The highest BCUT2D eigenvalue weighted by Crippen LogP contribution is 2.17. The van der Waals surface area contributed by atoms with E-state index >= 15 is 0 Å². The smallest absolute Gasteiger partial charge is 0.405 e. The zero-order valence-electron chi connectivity index (χ0n) is 12.6. The van der Waals surface area contributed by atoms with Gasteiger partial charge in [-0.2, -0.15) is 0 Å². The first kappa shape index (κ1) is 16.3. The summed E-state index contributed by atoms with van der Waals surface area (Å²) in [6.07, 6.45) is 3.83. The molecular weight excluding hydrogens is 376 g/mol. The van der Waals surface area contributed by atoms with E-state index in [4.69, 9.17) is 9.84 Å². The van der Waals surface area contributed by atoms with Crippen LogP contribution < -0.4 is 10.1 Å². The first-order valence-corrected chi connectivity index (χ1v) is 8.04. The van der Waals surface area contributed by atoms with Crippen molar-refractivity contribution in [1.29, 1.82) is 0 Å². The predicted octanol–water partition coefficient (Wildman–Crippen LogP) is 2.91. The lowest BCUT2D eigenvalue weighted by molar-refractivity contribution is 0.177. The molecule has 0 saturated heterocycles. The third-order valence-corrected chi connectivity index (χ3v) is 3.84. The van der Waals surface area contributed by atoms with Gasteiger partial charge < -0.3 is 19.7 Å². The van der Waals surface area contributed by atoms with Crippen molar-refractivity contribution in [1.82, 2.24) is 19.9 Å². The first-order valence-electron chi connectivity index (χ1n) is 7.24. The summed E-state index contributed by atoms with van der Waals surface area (Å²) in [5, 5.41) is 11.5. The predicted molar refractivity (Wildman–Crippen MR) is 92.1 cm³/mol. The van der Waals surface area contributed by atoms with Gasteiger partial charge in [-0.15, -0.1) is 0 Å². The molecule has 2 N–H and O–H groups in total. The molecule has 0 bridgehead atoms. The summed E-state index contributed by atoms with van der Waals surface area (Å²) in [6.45, 7) is 0.588. The SMILES string of the molecule is O=C(O)NC(COc1cncc(Br)c1)Cn1cnc2ccccc21. The highest BCUT2D eigenvalue weighted by Gasteiger charge is 2.15. The van der Waals surface area contributed by atoms with Gasteiger partial charge in [0.25, 0.3) is 0 Å². The number of carbonyl (C=O) groups is 1. The van der Waals surface area contributed by atoms with E-state index < -0.39 is 12.1 Å². The van der Waals surface area contributed by atoms with Crippen LogP contribution in [0.1, 0.15) is 0 Å². The number of rotatable bonds is 6. The van der Waals surface area contributed by atoms with E-state index in [1.807, 2.05) is 28.8 Å². The average molecular weight is 391 g/mol. The molecule has 24 heavy (non-hydrogen) atoms. The molecule has 3 aromatic rings. The number of carboxylic acid groups (broad SMARTS) is 1. The first-order chi connectivity index (χ1) is 11.6. The Hall–Kier alpha value is -2.61. The number of para-hydroxylation sites is 2. The number of imidazole rings is 1. The minimum atomic E-state index is -1.10. The largest absolute Gasteiger partial charge is 0.490 e. The molecule has 0 aliphatic heterocycles. The summed E-state index contributed by atoms with van der Waals surface area (Å²) < 4.78 is 8.35. The van der Waals surface area contributed by atoms with Crippen molar-refractivity contribution in [2.24, 2.45) is 0 Å². The molecular formula is C16H15BrN4O3. The van der Waals surface area contributed by atoms with E-state index in [0.717, 1.165) is 15.5 Å². The molecule has 0 spiro atoms. The number of hydrogen-bond acceptors (Lipinski definition) is 4. The number of halogens is 1. The summed E-state index contributed by atoms with van der Waals surface area (Å²) in [7, 11) is 0. The van der Waals surface area contributed by atoms with Crippen LogP contribution in [0.3, 0.4) is 0 Å². The maximum atomic E-state index is 11.1. The van der Waals surface area contributed by atoms with Gasteiger partial charge in [0.15, 0.2) is 0 Å². The zero-order valence-corrected chi connectivity index (χ0v) is 14.2. The quantitative estimate of drug-likeness (QED) is 0.675. The van der Waals surface area contributed by atoms with Crippen LogP contribution in [-0.4, -0.2) is 38.4 Å². The van der Waals surface area contributed by atoms with Crippen LogP contribution in [0.2, 0.25) is 0 Å². The topological polar surface area (TPSA) is 89.3 Å². The van der Waals surface area contributed by atoms with Crippen molar-refractivity contribution in [2.75, 3.05) is 6.61 Å². The van der Waals surface area contributed by atoms with Crippen LogP contribution in [-0.2, 0) is 6.54 Å². The molecule has 124 valence electrons. The minimum absolute atomic E-state index is 0.178. The summed E-state index contributed by atoms with van der Waals surface area (Å²) >= 11 is 3.32. The molecule has 0 fully saturated rings. The fourth-order valence-corrected chi connectivity index (χ4v) is 2.72. The van der Waals surface area contributed by atoms with Gasteiger partial charge in [0.2, 0.25) is 0 Å². The average Bonchev–Trinajstić information content (AvgIpc) is 2.95. The van der Waals surface area contributed by atoms with Crippen molar-refractivity contribution in [3.05, 3.63) is 53.5 Å². The number of ether oxygens (including phenoxy) is 1. The van der Waals surface area contributed by atoms with Gasteiger partial charge in [-0.3, -0.25) is 4.98 Å². The number of fused-ring (bicyclic) bond motifs is 1. The van der Waals surface area contributed by atoms with E-state index in [0.29, 0.717) is 12.3 Å². The number of pyridine rings is 1. The summed E-state index contributed by atoms with van der Waals surface area (Å²) in [5.41, 5.74) is 1.81. The van der Waals surface area contributed by atoms with Gasteiger partial charge in [-0.25, -0.2) is 9.78 Å². The second-order valence-corrected chi connectivity index (χ2v) is 6.10. The van der Waals surface area contributed by atoms with Crippen LogP contribution >= 0.6 is 15.9 Å². The minimum Gasteiger partial charge on any atom is -0.490 e. The molecule has 2 aromatic heterocycles. The van der Waals surface area contributed by atoms with Crippen molar-refractivity contribution in [3.8, 4) is 5.75 Å². The van der Waals surface area contributed by atoms with E-state index in [2.05, 4.69) is 31.2 Å². The third-order valence-electron chi connectivity index (χ3n) is 3.40. The van der Waals surface area contributed by atoms with Gasteiger partial charge in [-0.1, -0.05) is 12.1 Å². The highest BCUT2D eigenvalue weighted by atomic mass is 79.9. The molecule has 0 radical (unpaired) electrons. The maximum absolute atomic E-state index is 11.1. The van der Waals surface area contributed by atoms with E-state index in [1.165, 1.54) is 0 Å². The highest BCUT2D eigenvalue weighted by molar-refractivity contribution is 9.10. The number of nitrogens with one attached hydrogen (secondary N) is 1. The van der Waals surface area contributed by atoms with Gasteiger partial charge in [0.1, 0.15) is 12.4 Å². The number of hydrogen-bond donors (Lipinski definition) is 2. The number of nitrogens with zero attached hydrogens (tertiary/aromatic N) is 3. The number of aromatic nitrogens is 3. The lowest BCUT2D eigenvalue weighted by Crippen LogP contribution is -2.41. The molecule has 1 amide bonds. The molecule has 0 aliphatic rings. The molecule has 1 aromatic carbocycles. The van der Waals surface area contributed by atoms with Gasteiger partial charge in [-0.05, 0) is 34.1 Å². The lowest BCUT2D eigenvalue weighted by Gasteiger charge is -2.18. The summed E-state index contributed by atoms with van der Waals surface area (Å²) in [4.78, 5) is 19.4. The fraction of sp³-hybridized carbons (Fsp3) is 0.188. The van der Waals surface area contributed by atoms with Crippen molar-refractivity contribution < 1.29 is 14.6 Å². The fourth-order valence-electron chi connectivity index (χ4n) is 2.38. The van der Waals surface area contributed by atoms with Crippen LogP contribution in [0.4, 0.5) is 4.79 Å². The normalized spacial score (nSPS) is 12.0. The van der Waals surface area contributed by atoms with Crippen molar-refractivity contribution >= 4 is 33.1 Å². The molecule has 1 atom stereocenters. The molecule has 0 saturated carbocycles. The van der Waals surface area contributed by atoms with E-state index in [1.54, 1.807) is 24.8 Å². The molecule has 8 heteroatoms. The Bertz CT molecular complexity index is 852. The molecule has 7 nitrogen and oxygen atoms in total. The number of amides is 1. The standard InChI is InChI=1S/C16H15BrN4O3/c17-11-5-13(7-18-6-11)24-9-12(20-16(22)23)8-21-10-19-14-3-1-2-4-15(14)21/h1-7,10,12,20H,8-9H2,(H,22,23). The molecule has 1 unspecified atom stereocenters. The van der Waals surface area contributed by atoms with E-state index in [9.17, 15) is 4.79 Å². The lowest BCUT2D eigenvalue weighted by atomic mass is 10.3. The second kappa shape index (κ2) is 7.31. The van der Waals surface area contributed by atoms with Gasteiger partial charge in [0.05, 0.1) is 29.6 Å². The van der Waals surface area contributed by atoms with E-state index in [-0.39, 0.29) is 6.61 Å². The van der Waals surface area contributed by atoms with Crippen molar-refractivity contribution in [3.63, 3.8) is 0 Å². The van der Waals surface area contributed by atoms with Crippen LogP contribution in [0.25, 0.3) is 11.0 Å². The van der Waals surface area contributed by atoms with Gasteiger partial charge >= 0.3 is 6.09 Å². The number of benzene rings is 1. The Morgan fingerprint density at radius 1 is 1.38 bits per heavy atom. The second-order valence-electron chi connectivity index (χ2n) is 5.18. The Kier molecular flexibility index (Phi) is 4.95. The Balaban J connectivity index is 1.73. The Morgan fingerprint density at radius 2 is 2.21 bits per heavy atom. The third kappa shape index (κ3) is 4.02. The monoisotopic (exact) mass is 390 g/mol. The maximum Gasteiger partial charge on any atom is 0.405 e. The molecule has 0 aliphatic carbocycles. The van der Waals surface area contributed by atoms with Crippen molar-refractivity contribution in [2.45, 2.75) is 12.6 Å². The van der Waals surface area contributed by atoms with Crippen LogP contribution in [0.15, 0.2) is 53.5 Å². The molecule has 2 heterocycles. The summed E-state index contributed by atoms with van der Waals surface area (Å²) in [6, 6.07) is 9.03. The van der Waals surface area contributed by atoms with Crippen LogP contribution in [0, 0.1) is 0 Å². The Labute approximate surface area is 146 Å². The summed E-state index contributed by atoms with van der Waals surface area (Å²) in [5.74, 6) is 0.567. The molecule has 3 rings (SSSR count). The Morgan fingerprint density at radius 3 is 3.00 bits per heavy atom. The van der Waals surface area contributed by atoms with Crippen LogP contribution in [0.5, 0.6) is 5.75 Å².